The maximum Gasteiger partial charge on any atom is 0.150 e. The van der Waals surface area contributed by atoms with Gasteiger partial charge in [-0.15, -0.1) is 0 Å². The number of rotatable bonds is 6. The normalized spacial score (nSPS) is 9.75. The summed E-state index contributed by atoms with van der Waals surface area (Å²) in [6.45, 7) is 0.969. The molecule has 5 heteroatoms. The summed E-state index contributed by atoms with van der Waals surface area (Å²) in [4.78, 5) is 4.07. The van der Waals surface area contributed by atoms with E-state index in [1.165, 1.54) is 0 Å². The Labute approximate surface area is 94.9 Å². The summed E-state index contributed by atoms with van der Waals surface area (Å²) in [7, 11) is 0. The molecule has 0 radical (unpaired) electrons. The average molecular weight is 220 g/mol. The Hall–Kier alpha value is -1.80. The second-order valence-electron chi connectivity index (χ2n) is 3.44. The van der Waals surface area contributed by atoms with E-state index in [9.17, 15) is 0 Å². The van der Waals surface area contributed by atoms with Gasteiger partial charge in [0.25, 0.3) is 0 Å². The smallest absolute Gasteiger partial charge is 0.150 e. The van der Waals surface area contributed by atoms with Gasteiger partial charge in [-0.2, -0.15) is 5.26 Å². The van der Waals surface area contributed by atoms with E-state index in [1.807, 2.05) is 6.07 Å². The number of nitrogens with two attached hydrogens (primary N) is 1. The highest BCUT2D eigenvalue weighted by molar-refractivity contribution is 5.68. The van der Waals surface area contributed by atoms with Crippen molar-refractivity contribution in [3.8, 4) is 6.07 Å². The number of nitrogen functional groups attached to an aromatic ring is 1. The molecule has 0 bridgehead atoms. The van der Waals surface area contributed by atoms with Gasteiger partial charge in [-0.3, -0.25) is 0 Å². The van der Waals surface area contributed by atoms with E-state index in [2.05, 4.69) is 10.3 Å². The zero-order chi connectivity index (χ0) is 11.8. The van der Waals surface area contributed by atoms with Gasteiger partial charge in [0.05, 0.1) is 11.3 Å². The maximum atomic E-state index is 8.77. The van der Waals surface area contributed by atoms with Crippen molar-refractivity contribution in [1.29, 1.82) is 5.26 Å². The van der Waals surface area contributed by atoms with E-state index in [1.54, 1.807) is 12.3 Å². The van der Waals surface area contributed by atoms with Crippen molar-refractivity contribution in [1.82, 2.24) is 4.98 Å². The number of aromatic nitrogens is 1. The summed E-state index contributed by atoms with van der Waals surface area (Å²) < 4.78 is 0. The van der Waals surface area contributed by atoms with Crippen LogP contribution in [0.25, 0.3) is 0 Å². The Bertz CT molecular complexity index is 373. The number of hydrogen-bond acceptors (Lipinski definition) is 5. The second kappa shape index (κ2) is 6.64. The van der Waals surface area contributed by atoms with E-state index < -0.39 is 0 Å². The summed E-state index contributed by atoms with van der Waals surface area (Å²) in [5.74, 6) is 0.558. The molecule has 4 N–H and O–H groups in total. The third kappa shape index (κ3) is 3.41. The van der Waals surface area contributed by atoms with Gasteiger partial charge in [-0.05, 0) is 25.3 Å². The number of anilines is 2. The predicted molar refractivity (Wildman–Crippen MR) is 62.8 cm³/mol. The minimum atomic E-state index is 0.226. The number of hydrogen-bond donors (Lipinski definition) is 3. The molecule has 0 aliphatic carbocycles. The first kappa shape index (κ1) is 12.3. The molecule has 1 aromatic heterocycles. The van der Waals surface area contributed by atoms with E-state index in [-0.39, 0.29) is 6.61 Å². The molecule has 86 valence electrons. The molecule has 0 atom stereocenters. The van der Waals surface area contributed by atoms with Gasteiger partial charge in [0, 0.05) is 19.3 Å². The molecule has 0 aliphatic rings. The minimum absolute atomic E-state index is 0.226. The maximum absolute atomic E-state index is 8.77. The number of aliphatic hydroxyl groups excluding tert-OH is 1. The van der Waals surface area contributed by atoms with Crippen molar-refractivity contribution in [2.24, 2.45) is 0 Å². The van der Waals surface area contributed by atoms with Gasteiger partial charge in [-0.1, -0.05) is 0 Å². The first-order chi connectivity index (χ1) is 7.79. The molecule has 0 saturated heterocycles. The molecule has 1 heterocycles. The highest BCUT2D eigenvalue weighted by atomic mass is 16.2. The lowest BCUT2D eigenvalue weighted by Gasteiger charge is -2.08. The average Bonchev–Trinajstić information content (AvgIpc) is 2.31. The third-order valence-corrected chi connectivity index (χ3v) is 2.24. The second-order valence-corrected chi connectivity index (χ2v) is 3.44. The number of pyridine rings is 1. The van der Waals surface area contributed by atoms with E-state index >= 15 is 0 Å². The Morgan fingerprint density at radius 3 is 2.94 bits per heavy atom. The lowest BCUT2D eigenvalue weighted by molar-refractivity contribution is 0.283. The van der Waals surface area contributed by atoms with Gasteiger partial charge in [0.2, 0.25) is 0 Å². The Morgan fingerprint density at radius 2 is 2.25 bits per heavy atom. The Morgan fingerprint density at radius 1 is 1.44 bits per heavy atom. The monoisotopic (exact) mass is 220 g/mol. The van der Waals surface area contributed by atoms with E-state index in [4.69, 9.17) is 16.1 Å². The molecule has 0 amide bonds. The van der Waals surface area contributed by atoms with Crippen LogP contribution >= 0.6 is 0 Å². The lowest BCUT2D eigenvalue weighted by Crippen LogP contribution is -2.07. The van der Waals surface area contributed by atoms with Crippen molar-refractivity contribution in [2.75, 3.05) is 24.2 Å². The minimum Gasteiger partial charge on any atom is -0.396 e. The van der Waals surface area contributed by atoms with Crippen molar-refractivity contribution >= 4 is 11.5 Å². The first-order valence-electron chi connectivity index (χ1n) is 5.29. The summed E-state index contributed by atoms with van der Waals surface area (Å²) in [6.07, 6.45) is 4.27. The molecule has 0 fully saturated rings. The molecule has 1 aromatic rings. The molecule has 0 saturated carbocycles. The first-order valence-corrected chi connectivity index (χ1v) is 5.29. The van der Waals surface area contributed by atoms with Crippen LogP contribution in [0.15, 0.2) is 12.3 Å². The molecule has 0 spiro atoms. The summed E-state index contributed by atoms with van der Waals surface area (Å²) in [6, 6.07) is 3.60. The number of nitriles is 1. The number of unbranched alkanes of at least 4 members (excludes halogenated alkanes) is 2. The van der Waals surface area contributed by atoms with Crippen LogP contribution < -0.4 is 11.1 Å². The molecule has 5 nitrogen and oxygen atoms in total. The number of aliphatic hydroxyl groups is 1. The number of nitrogens with one attached hydrogen (secondary N) is 1. The molecule has 0 aromatic carbocycles. The fourth-order valence-corrected chi connectivity index (χ4v) is 1.33. The molecular formula is C11H16N4O. The zero-order valence-corrected chi connectivity index (χ0v) is 9.11. The lowest BCUT2D eigenvalue weighted by atomic mass is 10.2. The zero-order valence-electron chi connectivity index (χ0n) is 9.11. The Kier molecular flexibility index (Phi) is 5.09. The third-order valence-electron chi connectivity index (χ3n) is 2.24. The molecular weight excluding hydrogens is 204 g/mol. The van der Waals surface area contributed by atoms with Crippen molar-refractivity contribution < 1.29 is 5.11 Å². The largest absolute Gasteiger partial charge is 0.396 e. The Balaban J connectivity index is 2.45. The van der Waals surface area contributed by atoms with Crippen LogP contribution in [0.3, 0.4) is 0 Å². The topological polar surface area (TPSA) is 95.0 Å². The van der Waals surface area contributed by atoms with Crippen LogP contribution in [0, 0.1) is 11.3 Å². The molecule has 1 rings (SSSR count). The van der Waals surface area contributed by atoms with Crippen molar-refractivity contribution in [3.63, 3.8) is 0 Å². The summed E-state index contributed by atoms with van der Waals surface area (Å²) in [5.41, 5.74) is 6.58. The van der Waals surface area contributed by atoms with Crippen LogP contribution in [0.2, 0.25) is 0 Å². The van der Waals surface area contributed by atoms with E-state index in [0.717, 1.165) is 25.8 Å². The molecule has 0 unspecified atom stereocenters. The van der Waals surface area contributed by atoms with Gasteiger partial charge >= 0.3 is 0 Å². The highest BCUT2D eigenvalue weighted by Crippen LogP contribution is 2.18. The van der Waals surface area contributed by atoms with Crippen LogP contribution in [-0.2, 0) is 0 Å². The van der Waals surface area contributed by atoms with Crippen LogP contribution in [0.5, 0.6) is 0 Å². The van der Waals surface area contributed by atoms with Crippen LogP contribution in [-0.4, -0.2) is 23.2 Å². The van der Waals surface area contributed by atoms with Gasteiger partial charge in [0.15, 0.2) is 5.82 Å². The predicted octanol–water partition coefficient (Wildman–Crippen LogP) is 1.11. The fourth-order valence-electron chi connectivity index (χ4n) is 1.33. The van der Waals surface area contributed by atoms with E-state index in [0.29, 0.717) is 17.1 Å². The standard InChI is InChI=1S/C11H16N4O/c12-8-9-4-6-15-11(10(9)13)14-5-2-1-3-7-16/h4,6,16H,1-3,5,7,13H2,(H,14,15). The SMILES string of the molecule is N#Cc1ccnc(NCCCCCO)c1N. The van der Waals surface area contributed by atoms with Crippen LogP contribution in [0.4, 0.5) is 11.5 Å². The van der Waals surface area contributed by atoms with Gasteiger partial charge < -0.3 is 16.2 Å². The number of nitrogens with zero attached hydrogens (tertiary/aromatic N) is 2. The quantitative estimate of drug-likeness (QED) is 0.624. The summed E-state index contributed by atoms with van der Waals surface area (Å²) in [5, 5.41) is 20.5. The highest BCUT2D eigenvalue weighted by Gasteiger charge is 2.04. The fraction of sp³-hybridized carbons (Fsp3) is 0.455. The van der Waals surface area contributed by atoms with Gasteiger partial charge in [0.1, 0.15) is 6.07 Å². The van der Waals surface area contributed by atoms with Crippen molar-refractivity contribution in [2.45, 2.75) is 19.3 Å². The van der Waals surface area contributed by atoms with Crippen molar-refractivity contribution in [3.05, 3.63) is 17.8 Å². The molecule has 16 heavy (non-hydrogen) atoms. The summed E-state index contributed by atoms with van der Waals surface area (Å²) >= 11 is 0. The van der Waals surface area contributed by atoms with Crippen LogP contribution in [0.1, 0.15) is 24.8 Å². The van der Waals surface area contributed by atoms with Gasteiger partial charge in [-0.25, -0.2) is 4.98 Å². The molecule has 0 aliphatic heterocycles.